The Balaban J connectivity index is 1.88. The highest BCUT2D eigenvalue weighted by Gasteiger charge is 2.26. The van der Waals surface area contributed by atoms with Crippen LogP contribution in [0.5, 0.6) is 0 Å². The standard InChI is InChI=1S/C13H25N7O/c1-3-4-11(13(14)17-21)20-7-5-19(6-8-20)9-12-15-10-16-18(12)2/h10-11,21H,3-9H2,1-2H3,(H2,14,17). The number of amidine groups is 1. The summed E-state index contributed by atoms with van der Waals surface area (Å²) in [7, 11) is 1.91. The first-order valence-electron chi connectivity index (χ1n) is 7.42. The fourth-order valence-electron chi connectivity index (χ4n) is 2.75. The molecule has 1 unspecified atom stereocenters. The van der Waals surface area contributed by atoms with Gasteiger partial charge in [-0.05, 0) is 6.42 Å². The van der Waals surface area contributed by atoms with Gasteiger partial charge in [-0.3, -0.25) is 14.5 Å². The molecule has 3 N–H and O–H groups in total. The molecule has 0 aliphatic carbocycles. The van der Waals surface area contributed by atoms with Crippen LogP contribution in [0.1, 0.15) is 25.6 Å². The van der Waals surface area contributed by atoms with Crippen LogP contribution < -0.4 is 5.73 Å². The Labute approximate surface area is 125 Å². The van der Waals surface area contributed by atoms with E-state index in [1.807, 2.05) is 11.7 Å². The van der Waals surface area contributed by atoms with Crippen molar-refractivity contribution in [3.8, 4) is 0 Å². The molecular formula is C13H25N7O. The van der Waals surface area contributed by atoms with Crippen LogP contribution in [0.2, 0.25) is 0 Å². The quantitative estimate of drug-likeness (QED) is 0.328. The van der Waals surface area contributed by atoms with Gasteiger partial charge in [0.15, 0.2) is 5.84 Å². The van der Waals surface area contributed by atoms with E-state index in [2.05, 4.69) is 32.0 Å². The van der Waals surface area contributed by atoms with Gasteiger partial charge in [0.05, 0.1) is 12.6 Å². The molecular weight excluding hydrogens is 270 g/mol. The summed E-state index contributed by atoms with van der Waals surface area (Å²) in [5, 5.41) is 16.2. The molecule has 1 aliphatic rings. The lowest BCUT2D eigenvalue weighted by molar-refractivity contribution is 0.105. The molecule has 1 aromatic rings. The van der Waals surface area contributed by atoms with E-state index >= 15 is 0 Å². The van der Waals surface area contributed by atoms with E-state index < -0.39 is 0 Å². The van der Waals surface area contributed by atoms with E-state index in [0.717, 1.165) is 51.4 Å². The Morgan fingerprint density at radius 3 is 2.67 bits per heavy atom. The third kappa shape index (κ3) is 3.92. The molecule has 0 radical (unpaired) electrons. The Hall–Kier alpha value is -1.67. The molecule has 21 heavy (non-hydrogen) atoms. The van der Waals surface area contributed by atoms with Gasteiger partial charge in [0.1, 0.15) is 12.2 Å². The van der Waals surface area contributed by atoms with Crippen molar-refractivity contribution in [1.82, 2.24) is 24.6 Å². The number of nitrogens with zero attached hydrogens (tertiary/aromatic N) is 6. The van der Waals surface area contributed by atoms with Crippen molar-refractivity contribution in [2.24, 2.45) is 17.9 Å². The second kappa shape index (κ2) is 7.37. The molecule has 0 bridgehead atoms. The van der Waals surface area contributed by atoms with Crippen molar-refractivity contribution >= 4 is 5.84 Å². The van der Waals surface area contributed by atoms with Crippen LogP contribution in [0.3, 0.4) is 0 Å². The second-order valence-corrected chi connectivity index (χ2v) is 5.44. The lowest BCUT2D eigenvalue weighted by atomic mass is 10.1. The number of oxime groups is 1. The van der Waals surface area contributed by atoms with Gasteiger partial charge in [-0.1, -0.05) is 18.5 Å². The molecule has 8 nitrogen and oxygen atoms in total. The number of hydrogen-bond donors (Lipinski definition) is 2. The number of aromatic nitrogens is 3. The maximum Gasteiger partial charge on any atom is 0.156 e. The SMILES string of the molecule is CCCC(C(N)=NO)N1CCN(Cc2ncnn2C)CC1. The molecule has 0 aromatic carbocycles. The molecule has 1 atom stereocenters. The Kier molecular flexibility index (Phi) is 5.51. The van der Waals surface area contributed by atoms with Crippen LogP contribution in [0, 0.1) is 0 Å². The monoisotopic (exact) mass is 295 g/mol. The lowest BCUT2D eigenvalue weighted by Crippen LogP contribution is -2.54. The minimum atomic E-state index is 0.0389. The van der Waals surface area contributed by atoms with Gasteiger partial charge in [-0.2, -0.15) is 5.10 Å². The van der Waals surface area contributed by atoms with Crippen molar-refractivity contribution in [1.29, 1.82) is 0 Å². The zero-order valence-corrected chi connectivity index (χ0v) is 12.8. The van der Waals surface area contributed by atoms with Gasteiger partial charge < -0.3 is 10.9 Å². The number of piperazine rings is 1. The number of nitrogens with two attached hydrogens (primary N) is 1. The van der Waals surface area contributed by atoms with Gasteiger partial charge >= 0.3 is 0 Å². The summed E-state index contributed by atoms with van der Waals surface area (Å²) in [5.41, 5.74) is 5.82. The number of rotatable bonds is 6. The first kappa shape index (κ1) is 15.7. The summed E-state index contributed by atoms with van der Waals surface area (Å²) in [5.74, 6) is 1.29. The van der Waals surface area contributed by atoms with E-state index in [0.29, 0.717) is 5.84 Å². The maximum atomic E-state index is 8.92. The average Bonchev–Trinajstić information content (AvgIpc) is 2.90. The molecule has 2 heterocycles. The molecule has 1 aliphatic heterocycles. The van der Waals surface area contributed by atoms with E-state index in [1.165, 1.54) is 0 Å². The van der Waals surface area contributed by atoms with E-state index in [-0.39, 0.29) is 6.04 Å². The topological polar surface area (TPSA) is 95.8 Å². The van der Waals surface area contributed by atoms with E-state index in [9.17, 15) is 0 Å². The first-order chi connectivity index (χ1) is 10.2. The van der Waals surface area contributed by atoms with Crippen molar-refractivity contribution < 1.29 is 5.21 Å². The Morgan fingerprint density at radius 1 is 1.43 bits per heavy atom. The van der Waals surface area contributed by atoms with Crippen molar-refractivity contribution in [2.75, 3.05) is 26.2 Å². The third-order valence-corrected chi connectivity index (χ3v) is 4.04. The van der Waals surface area contributed by atoms with Crippen LogP contribution in [0.15, 0.2) is 11.5 Å². The van der Waals surface area contributed by atoms with Crippen LogP contribution in [0.25, 0.3) is 0 Å². The third-order valence-electron chi connectivity index (χ3n) is 4.04. The zero-order chi connectivity index (χ0) is 15.2. The van der Waals surface area contributed by atoms with Crippen molar-refractivity contribution in [3.63, 3.8) is 0 Å². The first-order valence-corrected chi connectivity index (χ1v) is 7.42. The molecule has 118 valence electrons. The Bertz CT molecular complexity index is 465. The highest BCUT2D eigenvalue weighted by atomic mass is 16.4. The van der Waals surface area contributed by atoms with Gasteiger partial charge in [0.25, 0.3) is 0 Å². The molecule has 8 heteroatoms. The minimum Gasteiger partial charge on any atom is -0.409 e. The summed E-state index contributed by atoms with van der Waals surface area (Å²) in [6, 6.07) is 0.0389. The normalized spacial score (nSPS) is 19.8. The van der Waals surface area contributed by atoms with Gasteiger partial charge in [-0.25, -0.2) is 4.98 Å². The second-order valence-electron chi connectivity index (χ2n) is 5.44. The highest BCUT2D eigenvalue weighted by Crippen LogP contribution is 2.13. The maximum absolute atomic E-state index is 8.92. The smallest absolute Gasteiger partial charge is 0.156 e. The molecule has 0 spiro atoms. The summed E-state index contributed by atoms with van der Waals surface area (Å²) < 4.78 is 1.81. The number of hydrogen-bond acceptors (Lipinski definition) is 6. The summed E-state index contributed by atoms with van der Waals surface area (Å²) in [6.45, 7) is 6.66. The Morgan fingerprint density at radius 2 is 2.14 bits per heavy atom. The molecule has 1 fully saturated rings. The van der Waals surface area contributed by atoms with Crippen LogP contribution >= 0.6 is 0 Å². The summed E-state index contributed by atoms with van der Waals surface area (Å²) in [4.78, 5) is 8.91. The van der Waals surface area contributed by atoms with Gasteiger partial charge in [0.2, 0.25) is 0 Å². The predicted molar refractivity (Wildman–Crippen MR) is 80.0 cm³/mol. The highest BCUT2D eigenvalue weighted by molar-refractivity contribution is 5.85. The summed E-state index contributed by atoms with van der Waals surface area (Å²) >= 11 is 0. The fraction of sp³-hybridized carbons (Fsp3) is 0.769. The van der Waals surface area contributed by atoms with Gasteiger partial charge in [0, 0.05) is 33.2 Å². The molecule has 0 saturated carbocycles. The van der Waals surface area contributed by atoms with Crippen molar-refractivity contribution in [2.45, 2.75) is 32.4 Å². The van der Waals surface area contributed by atoms with Crippen LogP contribution in [0.4, 0.5) is 0 Å². The van der Waals surface area contributed by atoms with Crippen molar-refractivity contribution in [3.05, 3.63) is 12.2 Å². The number of aryl methyl sites for hydroxylation is 1. The largest absolute Gasteiger partial charge is 0.409 e. The molecule has 0 amide bonds. The fourth-order valence-corrected chi connectivity index (χ4v) is 2.75. The van der Waals surface area contributed by atoms with Gasteiger partial charge in [-0.15, -0.1) is 0 Å². The molecule has 2 rings (SSSR count). The minimum absolute atomic E-state index is 0.0389. The molecule has 1 saturated heterocycles. The lowest BCUT2D eigenvalue weighted by Gasteiger charge is -2.38. The van der Waals surface area contributed by atoms with Crippen LogP contribution in [-0.4, -0.2) is 67.8 Å². The zero-order valence-electron chi connectivity index (χ0n) is 12.8. The predicted octanol–water partition coefficient (Wildman–Crippen LogP) is -0.152. The van der Waals surface area contributed by atoms with E-state index in [1.54, 1.807) is 6.33 Å². The van der Waals surface area contributed by atoms with Crippen LogP contribution in [-0.2, 0) is 13.6 Å². The summed E-state index contributed by atoms with van der Waals surface area (Å²) in [6.07, 6.45) is 3.51. The molecule has 1 aromatic heterocycles. The average molecular weight is 295 g/mol. The van der Waals surface area contributed by atoms with E-state index in [4.69, 9.17) is 10.9 Å².